The van der Waals surface area contributed by atoms with Crippen LogP contribution in [0.2, 0.25) is 0 Å². The van der Waals surface area contributed by atoms with Crippen LogP contribution in [0.15, 0.2) is 12.2 Å². The number of rotatable bonds is 5. The fourth-order valence-electron chi connectivity index (χ4n) is 2.49. The molecule has 0 aromatic carbocycles. The van der Waals surface area contributed by atoms with Crippen LogP contribution in [0.25, 0.3) is 0 Å². The zero-order valence-corrected chi connectivity index (χ0v) is 14.0. The average molecular weight is 336 g/mol. The van der Waals surface area contributed by atoms with E-state index in [1.54, 1.807) is 0 Å². The number of likely N-dealkylation sites (tertiary alicyclic amines) is 1. The summed E-state index contributed by atoms with van der Waals surface area (Å²) in [5.41, 5.74) is -1.39. The largest absolute Gasteiger partial charge is 0.465 e. The Bertz CT molecular complexity index is 463. The highest BCUT2D eigenvalue weighted by atomic mass is 35.5. The summed E-state index contributed by atoms with van der Waals surface area (Å²) in [5.74, 6) is -0.671. The first-order valence-corrected chi connectivity index (χ1v) is 7.60. The molecule has 1 amide bonds. The van der Waals surface area contributed by atoms with Gasteiger partial charge in [-0.25, -0.2) is 14.0 Å². The third kappa shape index (κ3) is 4.35. The maximum atomic E-state index is 13.8. The van der Waals surface area contributed by atoms with Crippen molar-refractivity contribution in [3.05, 3.63) is 12.2 Å². The van der Waals surface area contributed by atoms with E-state index in [-0.39, 0.29) is 37.3 Å². The van der Waals surface area contributed by atoms with Crippen LogP contribution in [0.5, 0.6) is 0 Å². The van der Waals surface area contributed by atoms with E-state index in [2.05, 4.69) is 6.58 Å². The minimum absolute atomic E-state index is 0.0355. The highest BCUT2D eigenvalue weighted by Crippen LogP contribution is 2.38. The van der Waals surface area contributed by atoms with Gasteiger partial charge in [0.25, 0.3) is 0 Å². The summed E-state index contributed by atoms with van der Waals surface area (Å²) in [5, 5.41) is 9.32. The van der Waals surface area contributed by atoms with Gasteiger partial charge < -0.3 is 9.84 Å². The zero-order valence-electron chi connectivity index (χ0n) is 13.2. The van der Waals surface area contributed by atoms with Gasteiger partial charge in [0.1, 0.15) is 6.17 Å². The van der Waals surface area contributed by atoms with E-state index in [0.717, 1.165) is 4.90 Å². The van der Waals surface area contributed by atoms with E-state index >= 15 is 0 Å². The van der Waals surface area contributed by atoms with Crippen LogP contribution in [0.4, 0.5) is 9.18 Å². The molecule has 0 saturated carbocycles. The molecule has 1 fully saturated rings. The molecule has 1 aliphatic heterocycles. The molecule has 1 saturated heterocycles. The highest BCUT2D eigenvalue weighted by molar-refractivity contribution is 6.19. The lowest BCUT2D eigenvalue weighted by molar-refractivity contribution is -0.158. The first-order chi connectivity index (χ1) is 10.0. The third-order valence-corrected chi connectivity index (χ3v) is 3.81. The highest BCUT2D eigenvalue weighted by Gasteiger charge is 2.55. The fraction of sp³-hybridized carbons (Fsp3) is 0.733. The van der Waals surface area contributed by atoms with Crippen molar-refractivity contribution in [2.24, 2.45) is 5.41 Å². The summed E-state index contributed by atoms with van der Waals surface area (Å²) in [7, 11) is 0. The van der Waals surface area contributed by atoms with Gasteiger partial charge in [-0.3, -0.25) is 4.90 Å². The number of hydrogen-bond donors (Lipinski definition) is 1. The Labute approximate surface area is 135 Å². The van der Waals surface area contributed by atoms with Crippen molar-refractivity contribution in [2.75, 3.05) is 19.0 Å². The lowest BCUT2D eigenvalue weighted by Gasteiger charge is -2.35. The summed E-state index contributed by atoms with van der Waals surface area (Å²) in [6, 6.07) is 0. The molecule has 1 rings (SSSR count). The number of carboxylic acid groups (broad SMARTS) is 1. The molecule has 7 heteroatoms. The van der Waals surface area contributed by atoms with Crippen LogP contribution in [0.1, 0.15) is 33.6 Å². The third-order valence-electron chi connectivity index (χ3n) is 3.44. The lowest BCUT2D eigenvalue weighted by Crippen LogP contribution is -2.54. The molecule has 1 heterocycles. The molecule has 0 radical (unpaired) electrons. The van der Waals surface area contributed by atoms with Gasteiger partial charge in [0.2, 0.25) is 0 Å². The van der Waals surface area contributed by atoms with Gasteiger partial charge in [-0.2, -0.15) is 0 Å². The monoisotopic (exact) mass is 335 g/mol. The second-order valence-electron chi connectivity index (χ2n) is 6.92. The van der Waals surface area contributed by atoms with Gasteiger partial charge in [0.05, 0.1) is 13.2 Å². The maximum absolute atomic E-state index is 13.8. The predicted molar refractivity (Wildman–Crippen MR) is 81.9 cm³/mol. The summed E-state index contributed by atoms with van der Waals surface area (Å²) in [4.78, 5) is 24.8. The fourth-order valence-corrected chi connectivity index (χ4v) is 2.58. The Morgan fingerprint density at radius 2 is 2.09 bits per heavy atom. The lowest BCUT2D eigenvalue weighted by atomic mass is 9.88. The first kappa shape index (κ1) is 18.7. The molecular weight excluding hydrogens is 313 g/mol. The molecule has 5 nitrogen and oxygen atoms in total. The molecule has 0 aromatic rings. The summed E-state index contributed by atoms with van der Waals surface area (Å²) in [6.07, 6.45) is -3.04. The predicted octanol–water partition coefficient (Wildman–Crippen LogP) is 3.22. The Hall–Kier alpha value is -1.30. The van der Waals surface area contributed by atoms with Crippen LogP contribution >= 0.6 is 11.6 Å². The van der Waals surface area contributed by atoms with Crippen LogP contribution < -0.4 is 0 Å². The molecule has 1 aliphatic rings. The van der Waals surface area contributed by atoms with Gasteiger partial charge in [-0.1, -0.05) is 32.9 Å². The number of ether oxygens (including phenoxy) is 1. The number of halogens is 2. The molecule has 0 spiro atoms. The van der Waals surface area contributed by atoms with E-state index < -0.39 is 23.8 Å². The van der Waals surface area contributed by atoms with E-state index in [1.165, 1.54) is 0 Å². The van der Waals surface area contributed by atoms with Crippen molar-refractivity contribution in [3.63, 3.8) is 0 Å². The van der Waals surface area contributed by atoms with Gasteiger partial charge in [0.15, 0.2) is 5.54 Å². The molecular formula is C15H23ClFNO4. The van der Waals surface area contributed by atoms with Crippen molar-refractivity contribution in [1.29, 1.82) is 0 Å². The Balaban J connectivity index is 3.08. The summed E-state index contributed by atoms with van der Waals surface area (Å²) >= 11 is 5.70. The topological polar surface area (TPSA) is 66.8 Å². The second kappa shape index (κ2) is 6.86. The van der Waals surface area contributed by atoms with Gasteiger partial charge in [-0.05, 0) is 5.41 Å². The minimum atomic E-state index is -1.58. The molecule has 126 valence electrons. The van der Waals surface area contributed by atoms with E-state index in [1.807, 2.05) is 20.8 Å². The maximum Gasteiger partial charge on any atom is 0.408 e. The Morgan fingerprint density at radius 1 is 1.50 bits per heavy atom. The Morgan fingerprint density at radius 3 is 2.55 bits per heavy atom. The second-order valence-corrected chi connectivity index (χ2v) is 7.19. The standard InChI is InChI=1S/C15H23ClFNO4/c1-10(7-16)5-15(12(19)22-9-14(2,3)4)6-11(17)8-18(15)13(20)21/h11H,1,5-9H2,2-4H3,(H,20,21). The molecule has 1 N–H and O–H groups in total. The number of esters is 1. The first-order valence-electron chi connectivity index (χ1n) is 7.06. The quantitative estimate of drug-likeness (QED) is 0.476. The van der Waals surface area contributed by atoms with Gasteiger partial charge in [-0.15, -0.1) is 11.6 Å². The average Bonchev–Trinajstić information content (AvgIpc) is 2.73. The van der Waals surface area contributed by atoms with Crippen molar-refractivity contribution in [3.8, 4) is 0 Å². The molecule has 0 bridgehead atoms. The molecule has 22 heavy (non-hydrogen) atoms. The van der Waals surface area contributed by atoms with Crippen LogP contribution in [0, 0.1) is 5.41 Å². The molecule has 0 aliphatic carbocycles. The van der Waals surface area contributed by atoms with Crippen molar-refractivity contribution in [1.82, 2.24) is 4.90 Å². The summed E-state index contributed by atoms with van der Waals surface area (Å²) in [6.45, 7) is 9.12. The van der Waals surface area contributed by atoms with Crippen LogP contribution in [-0.4, -0.2) is 52.8 Å². The number of alkyl halides is 2. The van der Waals surface area contributed by atoms with E-state index in [9.17, 15) is 19.1 Å². The van der Waals surface area contributed by atoms with Crippen molar-refractivity contribution in [2.45, 2.75) is 45.3 Å². The van der Waals surface area contributed by atoms with Gasteiger partial charge >= 0.3 is 12.1 Å². The van der Waals surface area contributed by atoms with Crippen molar-refractivity contribution < 1.29 is 23.8 Å². The SMILES string of the molecule is C=C(CCl)CC1(C(=O)OCC(C)(C)C)CC(F)CN1C(=O)O. The summed E-state index contributed by atoms with van der Waals surface area (Å²) < 4.78 is 19.1. The normalized spacial score (nSPS) is 25.1. The smallest absolute Gasteiger partial charge is 0.408 e. The number of nitrogens with zero attached hydrogens (tertiary/aromatic N) is 1. The molecule has 2 unspecified atom stereocenters. The number of carbonyl (C=O) groups excluding carboxylic acids is 1. The van der Waals surface area contributed by atoms with E-state index in [0.29, 0.717) is 5.57 Å². The number of hydrogen-bond acceptors (Lipinski definition) is 3. The van der Waals surface area contributed by atoms with Gasteiger partial charge in [0, 0.05) is 18.7 Å². The van der Waals surface area contributed by atoms with E-state index in [4.69, 9.17) is 16.3 Å². The minimum Gasteiger partial charge on any atom is -0.465 e. The van der Waals surface area contributed by atoms with Crippen molar-refractivity contribution >= 4 is 23.7 Å². The molecule has 2 atom stereocenters. The number of carbonyl (C=O) groups is 2. The Kier molecular flexibility index (Phi) is 5.84. The van der Waals surface area contributed by atoms with Crippen LogP contribution in [-0.2, 0) is 9.53 Å². The van der Waals surface area contributed by atoms with Crippen LogP contribution in [0.3, 0.4) is 0 Å². The zero-order chi connectivity index (χ0) is 17.1. The number of amides is 1. The molecule has 0 aromatic heterocycles.